The first-order valence-corrected chi connectivity index (χ1v) is 12.7. The zero-order valence-electron chi connectivity index (χ0n) is 21.8. The summed E-state index contributed by atoms with van der Waals surface area (Å²) in [6, 6.07) is 18.3. The lowest BCUT2D eigenvalue weighted by Gasteiger charge is -2.19. The molecule has 1 amide bonds. The topological polar surface area (TPSA) is 156 Å². The van der Waals surface area contributed by atoms with Crippen molar-refractivity contribution in [3.05, 3.63) is 129 Å². The average Bonchev–Trinajstić information content (AvgIpc) is 3.32. The van der Waals surface area contributed by atoms with Crippen LogP contribution in [-0.2, 0) is 0 Å². The van der Waals surface area contributed by atoms with Crippen molar-refractivity contribution in [2.45, 2.75) is 13.0 Å². The first-order valence-electron chi connectivity index (χ1n) is 12.7. The quantitative estimate of drug-likeness (QED) is 0.197. The van der Waals surface area contributed by atoms with Crippen LogP contribution in [0.5, 0.6) is 0 Å². The maximum atomic E-state index is 14.1. The van der Waals surface area contributed by atoms with Gasteiger partial charge in [0.2, 0.25) is 5.56 Å². The highest BCUT2D eigenvalue weighted by Gasteiger charge is 2.27. The highest BCUT2D eigenvalue weighted by Crippen LogP contribution is 2.21. The number of anilines is 1. The molecule has 0 radical (unpaired) electrons. The second-order valence-corrected chi connectivity index (χ2v) is 9.25. The zero-order chi connectivity index (χ0) is 28.5. The number of nitrogens with two attached hydrogens (primary N) is 1. The number of para-hydroxylation sites is 1. The minimum Gasteiger partial charge on any atom is -0.382 e. The van der Waals surface area contributed by atoms with E-state index in [1.54, 1.807) is 66.3 Å². The smallest absolute Gasteiger partial charge is 0.362 e. The number of aromatic nitrogens is 6. The predicted octanol–water partition coefficient (Wildman–Crippen LogP) is 2.01. The van der Waals surface area contributed by atoms with Gasteiger partial charge in [-0.1, -0.05) is 36.1 Å². The van der Waals surface area contributed by atoms with Gasteiger partial charge in [-0.15, -0.1) is 4.52 Å². The fourth-order valence-corrected chi connectivity index (χ4v) is 4.61. The molecular formula is C30H23N8O3+. The van der Waals surface area contributed by atoms with Crippen molar-refractivity contribution in [3.63, 3.8) is 0 Å². The molecule has 0 bridgehead atoms. The Bertz CT molecular complexity index is 2110. The molecule has 0 saturated carbocycles. The van der Waals surface area contributed by atoms with E-state index in [1.165, 1.54) is 16.8 Å². The second-order valence-electron chi connectivity index (χ2n) is 9.25. The van der Waals surface area contributed by atoms with Crippen LogP contribution in [0.1, 0.15) is 40.3 Å². The van der Waals surface area contributed by atoms with Crippen LogP contribution in [0.4, 0.5) is 5.82 Å². The number of fused-ring (bicyclic) bond motifs is 2. The first-order chi connectivity index (χ1) is 19.9. The summed E-state index contributed by atoms with van der Waals surface area (Å²) >= 11 is 0. The van der Waals surface area contributed by atoms with E-state index < -0.39 is 11.9 Å². The Morgan fingerprint density at radius 2 is 1.88 bits per heavy atom. The fraction of sp³-hybridized carbons (Fsp3) is 0.0667. The standard InChI is InChI=1S/C30H22N8O3/c1-18(34-29(40)25-26(31)36-37-16-6-15-32-28(25)37)27-35-22-10-5-7-20(13-11-19-12-14-23(39)33-17-19)24(22)30(41)38(27)21-8-3-2-4-9-21/h2-10,12,14-18H,1H3,(H4,31,33,34,36,39,40,41)/p+1. The number of benzene rings is 2. The summed E-state index contributed by atoms with van der Waals surface area (Å²) in [6.45, 7) is 1.75. The lowest BCUT2D eigenvalue weighted by Crippen LogP contribution is -2.34. The summed E-state index contributed by atoms with van der Waals surface area (Å²) < 4.78 is 3.03. The van der Waals surface area contributed by atoms with Gasteiger partial charge in [0, 0.05) is 29.5 Å². The summed E-state index contributed by atoms with van der Waals surface area (Å²) in [7, 11) is 0. The van der Waals surface area contributed by atoms with Gasteiger partial charge in [-0.2, -0.15) is 0 Å². The Kier molecular flexibility index (Phi) is 6.33. The van der Waals surface area contributed by atoms with E-state index in [2.05, 4.69) is 32.2 Å². The van der Waals surface area contributed by atoms with Gasteiger partial charge >= 0.3 is 5.65 Å². The Hall–Kier alpha value is -6.02. The van der Waals surface area contributed by atoms with Gasteiger partial charge in [-0.3, -0.25) is 19.0 Å². The Morgan fingerprint density at radius 3 is 2.66 bits per heavy atom. The molecule has 5 N–H and O–H groups in total. The summed E-state index contributed by atoms with van der Waals surface area (Å²) in [4.78, 5) is 50.6. The molecule has 6 aromatic rings. The number of pyridine rings is 1. The highest BCUT2D eigenvalue weighted by molar-refractivity contribution is 6.03. The monoisotopic (exact) mass is 543 g/mol. The van der Waals surface area contributed by atoms with E-state index in [4.69, 9.17) is 10.7 Å². The van der Waals surface area contributed by atoms with Gasteiger partial charge in [0.05, 0.1) is 22.6 Å². The fourth-order valence-electron chi connectivity index (χ4n) is 4.61. The Morgan fingerprint density at radius 1 is 1.05 bits per heavy atom. The molecule has 0 saturated heterocycles. The van der Waals surface area contributed by atoms with Crippen LogP contribution in [-0.4, -0.2) is 30.5 Å². The van der Waals surface area contributed by atoms with E-state index in [0.29, 0.717) is 39.2 Å². The Labute approximate surface area is 232 Å². The molecule has 41 heavy (non-hydrogen) atoms. The SMILES string of the molecule is CC(NC(=O)c1c(N)[nH][n+]2cccnc12)c1nc2cccc(C#Cc3ccc(=O)[nH]c3)c2c(=O)n1-c1ccccc1. The molecule has 4 heterocycles. The van der Waals surface area contributed by atoms with Crippen molar-refractivity contribution >= 4 is 28.3 Å². The number of aromatic amines is 2. The average molecular weight is 544 g/mol. The van der Waals surface area contributed by atoms with E-state index in [0.717, 1.165) is 0 Å². The number of H-pyrrole nitrogens is 2. The summed E-state index contributed by atoms with van der Waals surface area (Å²) in [5.41, 5.74) is 8.17. The van der Waals surface area contributed by atoms with Gasteiger partial charge in [-0.05, 0) is 42.2 Å². The number of nitrogens with zero attached hydrogens (tertiary/aromatic N) is 4. The van der Waals surface area contributed by atoms with Crippen molar-refractivity contribution in [3.8, 4) is 17.5 Å². The molecule has 0 aliphatic heterocycles. The van der Waals surface area contributed by atoms with Crippen LogP contribution in [0.3, 0.4) is 0 Å². The largest absolute Gasteiger partial charge is 0.382 e. The minimum absolute atomic E-state index is 0.158. The van der Waals surface area contributed by atoms with Crippen molar-refractivity contribution in [2.75, 3.05) is 5.73 Å². The number of amides is 1. The van der Waals surface area contributed by atoms with Crippen LogP contribution in [0, 0.1) is 11.8 Å². The van der Waals surface area contributed by atoms with Gasteiger partial charge in [-0.25, -0.2) is 10.1 Å². The number of carbonyl (C=O) groups is 1. The second kappa shape index (κ2) is 10.3. The molecule has 2 aromatic carbocycles. The summed E-state index contributed by atoms with van der Waals surface area (Å²) in [6.07, 6.45) is 4.78. The van der Waals surface area contributed by atoms with Crippen LogP contribution in [0.25, 0.3) is 22.2 Å². The normalized spacial score (nSPS) is 11.6. The van der Waals surface area contributed by atoms with Gasteiger partial charge in [0.15, 0.2) is 11.4 Å². The molecule has 11 nitrogen and oxygen atoms in total. The molecule has 1 unspecified atom stereocenters. The molecule has 0 aliphatic rings. The van der Waals surface area contributed by atoms with Crippen LogP contribution in [0.2, 0.25) is 0 Å². The van der Waals surface area contributed by atoms with Crippen LogP contribution >= 0.6 is 0 Å². The van der Waals surface area contributed by atoms with E-state index in [9.17, 15) is 14.4 Å². The third-order valence-corrected chi connectivity index (χ3v) is 6.51. The zero-order valence-corrected chi connectivity index (χ0v) is 21.8. The summed E-state index contributed by atoms with van der Waals surface area (Å²) in [5.74, 6) is 6.05. The van der Waals surface area contributed by atoms with Crippen LogP contribution in [0.15, 0.2) is 94.9 Å². The van der Waals surface area contributed by atoms with E-state index in [-0.39, 0.29) is 22.5 Å². The number of hydrogen-bond acceptors (Lipinski definition) is 6. The molecule has 200 valence electrons. The predicted molar refractivity (Wildman–Crippen MR) is 152 cm³/mol. The highest BCUT2D eigenvalue weighted by atomic mass is 16.2. The van der Waals surface area contributed by atoms with Gasteiger partial charge in [0.25, 0.3) is 11.5 Å². The van der Waals surface area contributed by atoms with Gasteiger partial charge < -0.3 is 16.0 Å². The molecule has 4 aromatic heterocycles. The number of hydrogen-bond donors (Lipinski definition) is 4. The summed E-state index contributed by atoms with van der Waals surface area (Å²) in [5, 5.41) is 6.15. The first kappa shape index (κ1) is 25.3. The third kappa shape index (κ3) is 4.70. The third-order valence-electron chi connectivity index (χ3n) is 6.51. The van der Waals surface area contributed by atoms with E-state index >= 15 is 0 Å². The molecule has 6 rings (SSSR count). The molecule has 0 aliphatic carbocycles. The van der Waals surface area contributed by atoms with E-state index in [1.807, 2.05) is 18.2 Å². The van der Waals surface area contributed by atoms with Gasteiger partial charge in [0.1, 0.15) is 18.2 Å². The molecular weight excluding hydrogens is 520 g/mol. The number of rotatable bonds is 4. The maximum absolute atomic E-state index is 14.1. The maximum Gasteiger partial charge on any atom is 0.362 e. The van der Waals surface area contributed by atoms with Crippen LogP contribution < -0.4 is 26.7 Å². The Balaban J connectivity index is 1.47. The molecule has 1 atom stereocenters. The molecule has 11 heteroatoms. The molecule has 0 fully saturated rings. The number of nitrogen functional groups attached to an aromatic ring is 1. The van der Waals surface area contributed by atoms with Crippen molar-refractivity contribution < 1.29 is 9.31 Å². The lowest BCUT2D eigenvalue weighted by atomic mass is 10.1. The molecule has 0 spiro atoms. The van der Waals surface area contributed by atoms with Crippen molar-refractivity contribution in [1.82, 2.24) is 29.9 Å². The minimum atomic E-state index is -0.700. The number of nitrogens with one attached hydrogen (secondary N) is 3. The number of carbonyl (C=O) groups excluding carboxylic acids is 1. The lowest BCUT2D eigenvalue weighted by molar-refractivity contribution is -0.577. The van der Waals surface area contributed by atoms with Crippen molar-refractivity contribution in [2.24, 2.45) is 0 Å². The van der Waals surface area contributed by atoms with Crippen molar-refractivity contribution in [1.29, 1.82) is 0 Å².